The van der Waals surface area contributed by atoms with E-state index in [-0.39, 0.29) is 16.5 Å². The van der Waals surface area contributed by atoms with Gasteiger partial charge in [0, 0.05) is 6.07 Å². The van der Waals surface area contributed by atoms with Crippen LogP contribution in [0.5, 0.6) is 0 Å². The molecular weight excluding hydrogens is 267 g/mol. The van der Waals surface area contributed by atoms with Crippen LogP contribution >= 0.6 is 11.6 Å². The average molecular weight is 283 g/mol. The third-order valence-electron chi connectivity index (χ3n) is 3.80. The van der Waals surface area contributed by atoms with Crippen LogP contribution in [0.1, 0.15) is 38.6 Å². The third-order valence-corrected chi connectivity index (χ3v) is 4.08. The third kappa shape index (κ3) is 2.23. The fourth-order valence-corrected chi connectivity index (χ4v) is 2.97. The summed E-state index contributed by atoms with van der Waals surface area (Å²) in [4.78, 5) is 4.40. The molecule has 1 fully saturated rings. The lowest BCUT2D eigenvalue weighted by Crippen LogP contribution is -2.39. The molecule has 0 saturated carbocycles. The minimum absolute atomic E-state index is 0.0350. The summed E-state index contributed by atoms with van der Waals surface area (Å²) < 4.78 is 19.1. The Hall–Kier alpha value is -1.13. The van der Waals surface area contributed by atoms with Crippen molar-refractivity contribution in [3.05, 3.63) is 28.9 Å². The number of rotatable bonds is 1. The van der Waals surface area contributed by atoms with Gasteiger partial charge in [-0.2, -0.15) is 0 Å². The quantitative estimate of drug-likeness (QED) is 0.857. The van der Waals surface area contributed by atoms with Crippen LogP contribution in [0.3, 0.4) is 0 Å². The van der Waals surface area contributed by atoms with Crippen molar-refractivity contribution in [3.63, 3.8) is 0 Å². The van der Waals surface area contributed by atoms with Gasteiger partial charge in [-0.15, -0.1) is 0 Å². The Morgan fingerprint density at radius 2 is 2.26 bits per heavy atom. The Bertz CT molecular complexity index is 623. The monoisotopic (exact) mass is 282 g/mol. The van der Waals surface area contributed by atoms with Gasteiger partial charge in [-0.05, 0) is 30.9 Å². The van der Waals surface area contributed by atoms with Gasteiger partial charge in [0.15, 0.2) is 5.58 Å². The van der Waals surface area contributed by atoms with Gasteiger partial charge in [0.2, 0.25) is 5.89 Å². The average Bonchev–Trinajstić information content (AvgIpc) is 2.72. The molecule has 1 unspecified atom stereocenters. The molecule has 0 amide bonds. The number of aromatic nitrogens is 1. The lowest BCUT2D eigenvalue weighted by molar-refractivity contribution is 0.157. The maximum absolute atomic E-state index is 13.3. The van der Waals surface area contributed by atoms with Crippen molar-refractivity contribution >= 4 is 22.7 Å². The highest BCUT2D eigenvalue weighted by molar-refractivity contribution is 6.34. The molecule has 2 aromatic rings. The van der Waals surface area contributed by atoms with E-state index in [9.17, 15) is 4.39 Å². The second-order valence-electron chi connectivity index (χ2n) is 5.77. The minimum Gasteiger partial charge on any atom is -0.437 e. The van der Waals surface area contributed by atoms with E-state index in [0.717, 1.165) is 19.4 Å². The molecule has 102 valence electrons. The molecule has 3 rings (SSSR count). The van der Waals surface area contributed by atoms with Crippen molar-refractivity contribution in [3.8, 4) is 0 Å². The van der Waals surface area contributed by atoms with Gasteiger partial charge < -0.3 is 9.73 Å². The van der Waals surface area contributed by atoms with E-state index >= 15 is 0 Å². The molecule has 0 radical (unpaired) electrons. The van der Waals surface area contributed by atoms with Crippen LogP contribution < -0.4 is 5.32 Å². The number of piperidine rings is 1. The first-order valence-corrected chi connectivity index (χ1v) is 6.84. The largest absolute Gasteiger partial charge is 0.437 e. The molecule has 1 aromatic carbocycles. The summed E-state index contributed by atoms with van der Waals surface area (Å²) in [5.74, 6) is 0.195. The van der Waals surface area contributed by atoms with Gasteiger partial charge >= 0.3 is 0 Å². The molecule has 1 aliphatic rings. The molecule has 3 nitrogen and oxygen atoms in total. The van der Waals surface area contributed by atoms with Gasteiger partial charge in [-0.25, -0.2) is 9.37 Å². The number of oxazole rings is 1. The molecule has 0 aliphatic carbocycles. The molecule has 1 aliphatic heterocycles. The van der Waals surface area contributed by atoms with Gasteiger partial charge in [0.05, 0.1) is 11.1 Å². The first kappa shape index (κ1) is 12.9. The summed E-state index contributed by atoms with van der Waals surface area (Å²) in [6, 6.07) is 2.63. The van der Waals surface area contributed by atoms with Crippen LogP contribution in [0, 0.1) is 11.2 Å². The van der Waals surface area contributed by atoms with Crippen molar-refractivity contribution in [2.24, 2.45) is 5.41 Å². The zero-order valence-electron chi connectivity index (χ0n) is 11.0. The normalized spacial score (nSPS) is 22.8. The maximum Gasteiger partial charge on any atom is 0.213 e. The first-order chi connectivity index (χ1) is 8.97. The molecule has 5 heteroatoms. The predicted octanol–water partition coefficient (Wildman–Crippen LogP) is 4.07. The van der Waals surface area contributed by atoms with Crippen LogP contribution in [-0.2, 0) is 0 Å². The number of nitrogens with one attached hydrogen (secondary N) is 1. The SMILES string of the molecule is CC1(C)CCCNC1c1nc2cc(F)cc(Cl)c2o1. The predicted molar refractivity (Wildman–Crippen MR) is 72.7 cm³/mol. The number of hydrogen-bond donors (Lipinski definition) is 1. The number of fused-ring (bicyclic) bond motifs is 1. The standard InChI is InChI=1S/C14H16ClFN2O/c1-14(2)4-3-5-17-12(14)13-18-10-7-8(16)6-9(15)11(10)19-13/h6-7,12,17H,3-5H2,1-2H3. The molecule has 1 saturated heterocycles. The van der Waals surface area contributed by atoms with E-state index in [1.807, 2.05) is 0 Å². The molecule has 0 bridgehead atoms. The molecule has 1 aromatic heterocycles. The summed E-state index contributed by atoms with van der Waals surface area (Å²) in [7, 11) is 0. The topological polar surface area (TPSA) is 38.1 Å². The zero-order chi connectivity index (χ0) is 13.6. The van der Waals surface area contributed by atoms with E-state index < -0.39 is 5.82 Å². The van der Waals surface area contributed by atoms with Crippen molar-refractivity contribution in [1.82, 2.24) is 10.3 Å². The van der Waals surface area contributed by atoms with Crippen molar-refractivity contribution in [1.29, 1.82) is 0 Å². The Morgan fingerprint density at radius 1 is 1.47 bits per heavy atom. The lowest BCUT2D eigenvalue weighted by Gasteiger charge is -2.37. The zero-order valence-corrected chi connectivity index (χ0v) is 11.7. The molecule has 1 N–H and O–H groups in total. The summed E-state index contributed by atoms with van der Waals surface area (Å²) in [5, 5.41) is 3.69. The van der Waals surface area contributed by atoms with Gasteiger partial charge in [-0.1, -0.05) is 25.4 Å². The Labute approximate surface area is 116 Å². The second-order valence-corrected chi connectivity index (χ2v) is 6.17. The molecule has 2 heterocycles. The fraction of sp³-hybridized carbons (Fsp3) is 0.500. The Morgan fingerprint density at radius 3 is 3.00 bits per heavy atom. The number of nitrogens with zero attached hydrogens (tertiary/aromatic N) is 1. The van der Waals surface area contributed by atoms with E-state index in [4.69, 9.17) is 16.0 Å². The van der Waals surface area contributed by atoms with Gasteiger partial charge in [0.25, 0.3) is 0 Å². The summed E-state index contributed by atoms with van der Waals surface area (Å²) in [5.41, 5.74) is 0.994. The number of hydrogen-bond acceptors (Lipinski definition) is 3. The highest BCUT2D eigenvalue weighted by atomic mass is 35.5. The van der Waals surface area contributed by atoms with Gasteiger partial charge in [-0.3, -0.25) is 0 Å². The number of benzene rings is 1. The van der Waals surface area contributed by atoms with Gasteiger partial charge in [0.1, 0.15) is 11.3 Å². The highest BCUT2D eigenvalue weighted by Gasteiger charge is 2.36. The van der Waals surface area contributed by atoms with Crippen LogP contribution in [0.15, 0.2) is 16.5 Å². The van der Waals surface area contributed by atoms with Crippen LogP contribution in [0.25, 0.3) is 11.1 Å². The first-order valence-electron chi connectivity index (χ1n) is 6.46. The molecule has 0 spiro atoms. The highest BCUT2D eigenvalue weighted by Crippen LogP contribution is 2.41. The Kier molecular flexibility index (Phi) is 3.02. The Balaban J connectivity index is 2.08. The molecule has 1 atom stereocenters. The maximum atomic E-state index is 13.3. The van der Waals surface area contributed by atoms with E-state index in [0.29, 0.717) is 17.0 Å². The van der Waals surface area contributed by atoms with Crippen molar-refractivity contribution in [2.45, 2.75) is 32.7 Å². The van der Waals surface area contributed by atoms with Crippen LogP contribution in [0.4, 0.5) is 4.39 Å². The number of halogens is 2. The lowest BCUT2D eigenvalue weighted by atomic mass is 9.77. The van der Waals surface area contributed by atoms with E-state index in [2.05, 4.69) is 24.1 Å². The van der Waals surface area contributed by atoms with E-state index in [1.54, 1.807) is 0 Å². The smallest absolute Gasteiger partial charge is 0.213 e. The van der Waals surface area contributed by atoms with Crippen LogP contribution in [-0.4, -0.2) is 11.5 Å². The van der Waals surface area contributed by atoms with Crippen LogP contribution in [0.2, 0.25) is 5.02 Å². The van der Waals surface area contributed by atoms with Crippen molar-refractivity contribution < 1.29 is 8.81 Å². The molecule has 19 heavy (non-hydrogen) atoms. The minimum atomic E-state index is -0.395. The second kappa shape index (κ2) is 4.46. The summed E-state index contributed by atoms with van der Waals surface area (Å²) in [6.07, 6.45) is 2.24. The fourth-order valence-electron chi connectivity index (χ4n) is 2.73. The van der Waals surface area contributed by atoms with E-state index in [1.165, 1.54) is 12.1 Å². The molecular formula is C14H16ClFN2O. The summed E-state index contributed by atoms with van der Waals surface area (Å²) in [6.45, 7) is 5.30. The summed E-state index contributed by atoms with van der Waals surface area (Å²) >= 11 is 5.99. The van der Waals surface area contributed by atoms with Crippen molar-refractivity contribution in [2.75, 3.05) is 6.54 Å².